The SMILES string of the molecule is CC(=O)c1cc(C2CCCOC2)nn1C. The van der Waals surface area contributed by atoms with Crippen molar-refractivity contribution in [2.45, 2.75) is 25.7 Å². The Morgan fingerprint density at radius 2 is 2.47 bits per heavy atom. The number of rotatable bonds is 2. The van der Waals surface area contributed by atoms with Crippen LogP contribution < -0.4 is 0 Å². The van der Waals surface area contributed by atoms with E-state index in [-0.39, 0.29) is 5.78 Å². The maximum Gasteiger partial charge on any atom is 0.177 e. The number of hydrogen-bond acceptors (Lipinski definition) is 3. The Bertz CT molecular complexity index is 365. The Morgan fingerprint density at radius 3 is 3.00 bits per heavy atom. The highest BCUT2D eigenvalue weighted by Gasteiger charge is 2.20. The fourth-order valence-corrected chi connectivity index (χ4v) is 1.99. The second-order valence-electron chi connectivity index (χ2n) is 4.05. The van der Waals surface area contributed by atoms with Gasteiger partial charge in [-0.25, -0.2) is 0 Å². The normalized spacial score (nSPS) is 21.6. The summed E-state index contributed by atoms with van der Waals surface area (Å²) in [7, 11) is 1.81. The smallest absolute Gasteiger partial charge is 0.177 e. The minimum atomic E-state index is 0.0629. The average molecular weight is 208 g/mol. The van der Waals surface area contributed by atoms with Crippen LogP contribution in [-0.4, -0.2) is 28.8 Å². The number of ketones is 1. The topological polar surface area (TPSA) is 44.1 Å². The first kappa shape index (κ1) is 10.4. The molecule has 1 fully saturated rings. The zero-order valence-electron chi connectivity index (χ0n) is 9.19. The standard InChI is InChI=1S/C11H16N2O2/c1-8(14)11-6-10(12-13(11)2)9-4-3-5-15-7-9/h6,9H,3-5,7H2,1-2H3. The Labute approximate surface area is 89.2 Å². The molecule has 0 spiro atoms. The van der Waals surface area contributed by atoms with Crippen LogP contribution in [0.2, 0.25) is 0 Å². The third-order valence-corrected chi connectivity index (χ3v) is 2.84. The van der Waals surface area contributed by atoms with E-state index in [1.165, 1.54) is 0 Å². The molecule has 0 aromatic carbocycles. The van der Waals surface area contributed by atoms with Crippen LogP contribution in [0.25, 0.3) is 0 Å². The van der Waals surface area contributed by atoms with Crippen molar-refractivity contribution in [1.29, 1.82) is 0 Å². The zero-order chi connectivity index (χ0) is 10.8. The molecule has 0 amide bonds. The molecule has 4 heteroatoms. The maximum absolute atomic E-state index is 11.3. The van der Waals surface area contributed by atoms with Gasteiger partial charge < -0.3 is 4.74 Å². The summed E-state index contributed by atoms with van der Waals surface area (Å²) < 4.78 is 7.07. The Kier molecular flexibility index (Phi) is 2.86. The van der Waals surface area contributed by atoms with E-state index in [0.29, 0.717) is 11.6 Å². The highest BCUT2D eigenvalue weighted by atomic mass is 16.5. The lowest BCUT2D eigenvalue weighted by atomic mass is 9.98. The van der Waals surface area contributed by atoms with Gasteiger partial charge >= 0.3 is 0 Å². The Morgan fingerprint density at radius 1 is 1.67 bits per heavy atom. The fraction of sp³-hybridized carbons (Fsp3) is 0.636. The molecule has 15 heavy (non-hydrogen) atoms. The van der Waals surface area contributed by atoms with Crippen LogP contribution in [0, 0.1) is 0 Å². The molecular weight excluding hydrogens is 192 g/mol. The molecule has 1 saturated heterocycles. The number of carbonyl (C=O) groups excluding carboxylic acids is 1. The number of ether oxygens (including phenoxy) is 1. The highest BCUT2D eigenvalue weighted by molar-refractivity contribution is 5.92. The lowest BCUT2D eigenvalue weighted by Gasteiger charge is -2.19. The van der Waals surface area contributed by atoms with Gasteiger partial charge in [-0.2, -0.15) is 5.10 Å². The van der Waals surface area contributed by atoms with Crippen molar-refractivity contribution in [3.8, 4) is 0 Å². The van der Waals surface area contributed by atoms with Crippen LogP contribution in [0.5, 0.6) is 0 Å². The summed E-state index contributed by atoms with van der Waals surface area (Å²) in [6.07, 6.45) is 2.19. The lowest BCUT2D eigenvalue weighted by molar-refractivity contribution is 0.0791. The average Bonchev–Trinajstić information content (AvgIpc) is 2.62. The van der Waals surface area contributed by atoms with Crippen molar-refractivity contribution >= 4 is 5.78 Å². The predicted octanol–water partition coefficient (Wildman–Crippen LogP) is 1.52. The molecule has 2 rings (SSSR count). The molecule has 1 aliphatic heterocycles. The van der Waals surface area contributed by atoms with Gasteiger partial charge in [-0.05, 0) is 18.9 Å². The predicted molar refractivity (Wildman–Crippen MR) is 56.0 cm³/mol. The summed E-state index contributed by atoms with van der Waals surface area (Å²) >= 11 is 0. The summed E-state index contributed by atoms with van der Waals surface area (Å²) in [6, 6.07) is 1.89. The third kappa shape index (κ3) is 2.09. The maximum atomic E-state index is 11.3. The van der Waals surface area contributed by atoms with Gasteiger partial charge in [0.15, 0.2) is 5.78 Å². The Balaban J connectivity index is 2.21. The number of aryl methyl sites for hydroxylation is 1. The summed E-state index contributed by atoms with van der Waals surface area (Å²) in [5.74, 6) is 0.422. The fourth-order valence-electron chi connectivity index (χ4n) is 1.99. The van der Waals surface area contributed by atoms with Gasteiger partial charge in [0.05, 0.1) is 12.3 Å². The van der Waals surface area contributed by atoms with Gasteiger partial charge in [-0.1, -0.05) is 0 Å². The van der Waals surface area contributed by atoms with Crippen LogP contribution in [0.1, 0.15) is 41.9 Å². The molecule has 0 bridgehead atoms. The van der Waals surface area contributed by atoms with Crippen molar-refractivity contribution in [3.63, 3.8) is 0 Å². The van der Waals surface area contributed by atoms with Crippen LogP contribution in [-0.2, 0) is 11.8 Å². The highest BCUT2D eigenvalue weighted by Crippen LogP contribution is 2.24. The molecule has 2 heterocycles. The van der Waals surface area contributed by atoms with Crippen LogP contribution in [0.4, 0.5) is 0 Å². The summed E-state index contributed by atoms with van der Waals surface area (Å²) in [5, 5.41) is 4.37. The molecule has 82 valence electrons. The first-order valence-electron chi connectivity index (χ1n) is 5.31. The summed E-state index contributed by atoms with van der Waals surface area (Å²) in [5.41, 5.74) is 1.66. The molecular formula is C11H16N2O2. The molecule has 1 atom stereocenters. The van der Waals surface area contributed by atoms with Crippen molar-refractivity contribution in [1.82, 2.24) is 9.78 Å². The molecule has 1 aliphatic rings. The van der Waals surface area contributed by atoms with E-state index >= 15 is 0 Å². The van der Waals surface area contributed by atoms with Crippen LogP contribution >= 0.6 is 0 Å². The lowest BCUT2D eigenvalue weighted by Crippen LogP contribution is -2.16. The van der Waals surface area contributed by atoms with Crippen LogP contribution in [0.3, 0.4) is 0 Å². The molecule has 0 radical (unpaired) electrons. The third-order valence-electron chi connectivity index (χ3n) is 2.84. The first-order chi connectivity index (χ1) is 7.18. The Hall–Kier alpha value is -1.16. The van der Waals surface area contributed by atoms with E-state index in [2.05, 4.69) is 5.10 Å². The molecule has 1 unspecified atom stereocenters. The molecule has 0 N–H and O–H groups in total. The van der Waals surface area contributed by atoms with Gasteiger partial charge in [0.2, 0.25) is 0 Å². The number of hydrogen-bond donors (Lipinski definition) is 0. The second kappa shape index (κ2) is 4.14. The molecule has 4 nitrogen and oxygen atoms in total. The van der Waals surface area contributed by atoms with Crippen molar-refractivity contribution in [3.05, 3.63) is 17.5 Å². The molecule has 1 aromatic rings. The summed E-state index contributed by atoms with van der Waals surface area (Å²) in [6.45, 7) is 3.15. The van der Waals surface area contributed by atoms with Gasteiger partial charge in [0.1, 0.15) is 5.69 Å². The van der Waals surface area contributed by atoms with Gasteiger partial charge in [0.25, 0.3) is 0 Å². The number of aromatic nitrogens is 2. The van der Waals surface area contributed by atoms with Crippen molar-refractivity contribution in [2.24, 2.45) is 7.05 Å². The monoisotopic (exact) mass is 208 g/mol. The molecule has 0 aliphatic carbocycles. The quantitative estimate of drug-likeness (QED) is 0.692. The zero-order valence-corrected chi connectivity index (χ0v) is 9.19. The number of nitrogens with zero attached hydrogens (tertiary/aromatic N) is 2. The second-order valence-corrected chi connectivity index (χ2v) is 4.05. The van der Waals surface area contributed by atoms with E-state index in [9.17, 15) is 4.79 Å². The molecule has 1 aromatic heterocycles. The van der Waals surface area contributed by atoms with Crippen molar-refractivity contribution in [2.75, 3.05) is 13.2 Å². The minimum absolute atomic E-state index is 0.0629. The van der Waals surface area contributed by atoms with Crippen molar-refractivity contribution < 1.29 is 9.53 Å². The van der Waals surface area contributed by atoms with Gasteiger partial charge in [-0.15, -0.1) is 0 Å². The largest absolute Gasteiger partial charge is 0.381 e. The van der Waals surface area contributed by atoms with E-state index in [4.69, 9.17) is 4.74 Å². The van der Waals surface area contributed by atoms with Gasteiger partial charge in [-0.3, -0.25) is 9.48 Å². The summed E-state index contributed by atoms with van der Waals surface area (Å²) in [4.78, 5) is 11.3. The first-order valence-corrected chi connectivity index (χ1v) is 5.31. The van der Waals surface area contributed by atoms with Crippen LogP contribution in [0.15, 0.2) is 6.07 Å². The van der Waals surface area contributed by atoms with E-state index < -0.39 is 0 Å². The van der Waals surface area contributed by atoms with Gasteiger partial charge in [0, 0.05) is 26.5 Å². The van der Waals surface area contributed by atoms with E-state index in [1.54, 1.807) is 11.6 Å². The molecule has 0 saturated carbocycles. The number of Topliss-reactive ketones (excluding diaryl/α,β-unsaturated/α-hetero) is 1. The van der Waals surface area contributed by atoms with E-state index in [0.717, 1.165) is 31.7 Å². The van der Waals surface area contributed by atoms with E-state index in [1.807, 2.05) is 13.1 Å². The number of carbonyl (C=O) groups is 1. The minimum Gasteiger partial charge on any atom is -0.381 e.